The Morgan fingerprint density at radius 2 is 1.41 bits per heavy atom. The maximum atomic E-state index is 10.8. The van der Waals surface area contributed by atoms with E-state index in [4.69, 9.17) is 9.52 Å². The summed E-state index contributed by atoms with van der Waals surface area (Å²) in [4.78, 5) is 10.8. The van der Waals surface area contributed by atoms with Gasteiger partial charge in [0.15, 0.2) is 0 Å². The second-order valence-corrected chi connectivity index (χ2v) is 7.27. The lowest BCUT2D eigenvalue weighted by molar-refractivity contribution is -0.137. The lowest BCUT2D eigenvalue weighted by Gasteiger charge is -2.11. The monoisotopic (exact) mass is 390 g/mol. The molecule has 148 valence electrons. The van der Waals surface area contributed by atoms with Gasteiger partial charge in [-0.1, -0.05) is 42.5 Å². The van der Waals surface area contributed by atoms with Crippen molar-refractivity contribution >= 4 is 27.9 Å². The molecule has 0 spiro atoms. The van der Waals surface area contributed by atoms with Crippen LogP contribution in [0.5, 0.6) is 0 Å². The highest BCUT2D eigenvalue weighted by Crippen LogP contribution is 2.33. The number of aliphatic carboxylic acids is 1. The highest BCUT2D eigenvalue weighted by molar-refractivity contribution is 6.05. The van der Waals surface area contributed by atoms with Crippen LogP contribution in [-0.4, -0.2) is 21.3 Å². The number of carbonyl (C=O) groups is 1. The third kappa shape index (κ3) is 4.16. The molecule has 0 saturated heterocycles. The maximum Gasteiger partial charge on any atom is 0.303 e. The second-order valence-electron chi connectivity index (χ2n) is 7.27. The third-order valence-corrected chi connectivity index (χ3v) is 5.19. The molecule has 0 bridgehead atoms. The van der Waals surface area contributed by atoms with Gasteiger partial charge in [-0.05, 0) is 47.4 Å². The van der Waals surface area contributed by atoms with E-state index in [0.29, 0.717) is 23.2 Å². The minimum Gasteiger partial charge on any atom is -0.481 e. The largest absolute Gasteiger partial charge is 0.481 e. The lowest BCUT2D eigenvalue weighted by Crippen LogP contribution is -2.02. The first-order valence-electron chi connectivity index (χ1n) is 9.59. The zero-order chi connectivity index (χ0) is 20.4. The fraction of sp³-hybridized carbons (Fsp3) is 0.208. The van der Waals surface area contributed by atoms with Crippen LogP contribution in [0.2, 0.25) is 0 Å². The predicted octanol–water partition coefficient (Wildman–Crippen LogP) is 4.76. The Kier molecular flexibility index (Phi) is 5.34. The molecular weight excluding hydrogens is 368 g/mol. The van der Waals surface area contributed by atoms with Crippen molar-refractivity contribution in [3.05, 3.63) is 83.4 Å². The van der Waals surface area contributed by atoms with Crippen LogP contribution in [0.4, 0.5) is 0 Å². The summed E-state index contributed by atoms with van der Waals surface area (Å²) in [5.41, 5.74) is 3.88. The topological polar surface area (TPSA) is 90.9 Å². The molecule has 5 nitrogen and oxygen atoms in total. The van der Waals surface area contributed by atoms with Crippen LogP contribution < -0.4 is 0 Å². The molecule has 4 aromatic rings. The summed E-state index contributed by atoms with van der Waals surface area (Å²) < 4.78 is 5.88. The van der Waals surface area contributed by atoms with Gasteiger partial charge in [0.25, 0.3) is 0 Å². The number of carboxylic acid groups (broad SMARTS) is 1. The van der Waals surface area contributed by atoms with Crippen molar-refractivity contribution in [3.8, 4) is 0 Å². The second kappa shape index (κ2) is 8.07. The molecule has 29 heavy (non-hydrogen) atoms. The van der Waals surface area contributed by atoms with Crippen LogP contribution in [0.3, 0.4) is 0 Å². The summed E-state index contributed by atoms with van der Waals surface area (Å²) >= 11 is 0. The third-order valence-electron chi connectivity index (χ3n) is 5.19. The molecule has 5 heteroatoms. The average molecular weight is 390 g/mol. The highest BCUT2D eigenvalue weighted by Gasteiger charge is 2.15. The Balaban J connectivity index is 1.66. The van der Waals surface area contributed by atoms with E-state index in [1.54, 1.807) is 12.1 Å². The molecular formula is C24H22O5. The van der Waals surface area contributed by atoms with Gasteiger partial charge < -0.3 is 19.7 Å². The molecule has 0 fully saturated rings. The van der Waals surface area contributed by atoms with Crippen molar-refractivity contribution in [1.82, 2.24) is 0 Å². The van der Waals surface area contributed by atoms with Crippen LogP contribution in [-0.2, 0) is 11.2 Å². The van der Waals surface area contributed by atoms with Gasteiger partial charge in [0.05, 0.1) is 12.2 Å². The summed E-state index contributed by atoms with van der Waals surface area (Å²) in [6.07, 6.45) is -0.927. The first-order chi connectivity index (χ1) is 14.0. The Labute approximate surface area is 167 Å². The van der Waals surface area contributed by atoms with Gasteiger partial charge in [-0.15, -0.1) is 0 Å². The molecule has 0 aliphatic carbocycles. The zero-order valence-electron chi connectivity index (χ0n) is 15.8. The number of carboxylic acids is 1. The van der Waals surface area contributed by atoms with Gasteiger partial charge >= 0.3 is 5.97 Å². The number of rotatable bonds is 7. The average Bonchev–Trinajstić information content (AvgIpc) is 3.09. The summed E-state index contributed by atoms with van der Waals surface area (Å²) in [6.45, 7) is 0. The molecule has 1 aromatic heterocycles. The van der Waals surface area contributed by atoms with Crippen LogP contribution >= 0.6 is 0 Å². The van der Waals surface area contributed by atoms with E-state index in [9.17, 15) is 15.0 Å². The molecule has 0 amide bonds. The number of fused-ring (bicyclic) bond motifs is 3. The van der Waals surface area contributed by atoms with Crippen molar-refractivity contribution in [3.63, 3.8) is 0 Å². The Hall–Kier alpha value is -3.15. The van der Waals surface area contributed by atoms with Gasteiger partial charge in [-0.2, -0.15) is 0 Å². The Bertz CT molecular complexity index is 1150. The molecule has 3 aromatic carbocycles. The van der Waals surface area contributed by atoms with Gasteiger partial charge in [-0.3, -0.25) is 4.79 Å². The molecule has 2 atom stereocenters. The fourth-order valence-corrected chi connectivity index (χ4v) is 3.61. The number of hydrogen-bond donors (Lipinski definition) is 3. The van der Waals surface area contributed by atoms with E-state index in [1.165, 1.54) is 0 Å². The van der Waals surface area contributed by atoms with Crippen molar-refractivity contribution in [1.29, 1.82) is 0 Å². The standard InChI is InChI=1S/C24H22O5/c25-20(8-11-24(27)28)16-6-9-22-18(13-16)19-14-17(7-10-23(19)29-22)21(26)12-15-4-2-1-3-5-15/h1-7,9-10,13-14,20-21,25-26H,8,11-12H2,(H,27,28). The minimum absolute atomic E-state index is 0.0961. The molecule has 3 N–H and O–H groups in total. The molecule has 1 heterocycles. The van der Waals surface area contributed by atoms with Crippen LogP contribution in [0, 0.1) is 0 Å². The quantitative estimate of drug-likeness (QED) is 0.423. The molecule has 4 rings (SSSR count). The first-order valence-corrected chi connectivity index (χ1v) is 9.59. The van der Waals surface area contributed by atoms with Crippen molar-refractivity contribution in [2.24, 2.45) is 0 Å². The van der Waals surface area contributed by atoms with E-state index in [1.807, 2.05) is 54.6 Å². The SMILES string of the molecule is O=C(O)CCC(O)c1ccc2oc3ccc(C(O)Cc4ccccc4)cc3c2c1. The number of aliphatic hydroxyl groups is 2. The van der Waals surface area contributed by atoms with E-state index < -0.39 is 18.2 Å². The van der Waals surface area contributed by atoms with Gasteiger partial charge in [-0.25, -0.2) is 0 Å². The summed E-state index contributed by atoms with van der Waals surface area (Å²) in [5, 5.41) is 31.5. The van der Waals surface area contributed by atoms with Gasteiger partial charge in [0, 0.05) is 23.6 Å². The van der Waals surface area contributed by atoms with Crippen LogP contribution in [0.25, 0.3) is 21.9 Å². The Morgan fingerprint density at radius 3 is 2.00 bits per heavy atom. The number of benzene rings is 3. The molecule has 0 aliphatic rings. The Morgan fingerprint density at radius 1 is 0.828 bits per heavy atom. The van der Waals surface area contributed by atoms with E-state index in [0.717, 1.165) is 21.9 Å². The summed E-state index contributed by atoms with van der Waals surface area (Å²) in [5.74, 6) is -0.934. The van der Waals surface area contributed by atoms with Crippen molar-refractivity contribution in [2.75, 3.05) is 0 Å². The highest BCUT2D eigenvalue weighted by atomic mass is 16.4. The number of furan rings is 1. The van der Waals surface area contributed by atoms with Gasteiger partial charge in [0.2, 0.25) is 0 Å². The molecule has 0 aliphatic heterocycles. The molecule has 0 saturated carbocycles. The molecule has 0 radical (unpaired) electrons. The first kappa shape index (κ1) is 19.2. The summed E-state index contributed by atoms with van der Waals surface area (Å²) in [7, 11) is 0. The van der Waals surface area contributed by atoms with Crippen molar-refractivity contribution < 1.29 is 24.5 Å². The van der Waals surface area contributed by atoms with E-state index >= 15 is 0 Å². The predicted molar refractivity (Wildman–Crippen MR) is 111 cm³/mol. The number of hydrogen-bond acceptors (Lipinski definition) is 4. The van der Waals surface area contributed by atoms with Crippen molar-refractivity contribution in [2.45, 2.75) is 31.5 Å². The fourth-order valence-electron chi connectivity index (χ4n) is 3.61. The lowest BCUT2D eigenvalue weighted by atomic mass is 9.98. The summed E-state index contributed by atoms with van der Waals surface area (Å²) in [6, 6.07) is 20.8. The van der Waals surface area contributed by atoms with Crippen LogP contribution in [0.15, 0.2) is 71.1 Å². The van der Waals surface area contributed by atoms with Crippen LogP contribution in [0.1, 0.15) is 41.7 Å². The molecule has 2 unspecified atom stereocenters. The van der Waals surface area contributed by atoms with Gasteiger partial charge in [0.1, 0.15) is 11.2 Å². The maximum absolute atomic E-state index is 10.8. The normalized spacial score (nSPS) is 13.6. The number of aliphatic hydroxyl groups excluding tert-OH is 2. The smallest absolute Gasteiger partial charge is 0.303 e. The zero-order valence-corrected chi connectivity index (χ0v) is 15.8. The van der Waals surface area contributed by atoms with E-state index in [2.05, 4.69) is 0 Å². The minimum atomic E-state index is -0.934. The van der Waals surface area contributed by atoms with E-state index in [-0.39, 0.29) is 12.8 Å².